The predicted octanol–water partition coefficient (Wildman–Crippen LogP) is 5.12. The van der Waals surface area contributed by atoms with Gasteiger partial charge in [-0.2, -0.15) is 0 Å². The monoisotopic (exact) mass is 540 g/mol. The molecule has 0 amide bonds. The molecule has 0 aliphatic heterocycles. The van der Waals surface area contributed by atoms with Gasteiger partial charge in [-0.3, -0.25) is 4.72 Å². The number of sulfonamides is 1. The number of hydrogen-bond donors (Lipinski definition) is 2. The Morgan fingerprint density at radius 3 is 2.69 bits per heavy atom. The van der Waals surface area contributed by atoms with Crippen molar-refractivity contribution in [1.29, 1.82) is 0 Å². The van der Waals surface area contributed by atoms with Crippen LogP contribution in [0.5, 0.6) is 5.75 Å². The highest BCUT2D eigenvalue weighted by molar-refractivity contribution is 7.93. The molecule has 12 heteroatoms. The van der Waals surface area contributed by atoms with Crippen LogP contribution >= 0.6 is 22.9 Å². The van der Waals surface area contributed by atoms with Crippen molar-refractivity contribution in [3.8, 4) is 5.75 Å². The van der Waals surface area contributed by atoms with E-state index in [1.807, 2.05) is 6.92 Å². The fourth-order valence-electron chi connectivity index (χ4n) is 4.07. The van der Waals surface area contributed by atoms with Crippen molar-refractivity contribution in [3.63, 3.8) is 0 Å². The normalized spacial score (nSPS) is 18.2. The Labute approximate surface area is 211 Å². The van der Waals surface area contributed by atoms with Gasteiger partial charge in [0.15, 0.2) is 0 Å². The number of hydrogen-bond acceptors (Lipinski definition) is 7. The number of anilines is 1. The number of nitrogens with one attached hydrogen (secondary N) is 2. The second-order valence-electron chi connectivity index (χ2n) is 7.89. The summed E-state index contributed by atoms with van der Waals surface area (Å²) in [4.78, 5) is -0.625. The first kappa shape index (κ1) is 25.5. The van der Waals surface area contributed by atoms with Crippen LogP contribution in [0.4, 0.5) is 13.9 Å². The average molecular weight is 541 g/mol. The minimum absolute atomic E-state index is 0.00715. The third kappa shape index (κ3) is 5.97. The van der Waals surface area contributed by atoms with E-state index < -0.39 is 20.7 Å². The molecule has 3 aromatic rings. The predicted molar refractivity (Wildman–Crippen MR) is 132 cm³/mol. The van der Waals surface area contributed by atoms with Gasteiger partial charge in [0.1, 0.15) is 27.8 Å². The fourth-order valence-corrected chi connectivity index (χ4v) is 6.13. The Bertz CT molecular complexity index is 1300. The summed E-state index contributed by atoms with van der Waals surface area (Å²) in [7, 11) is -4.26. The molecule has 0 spiro atoms. The van der Waals surface area contributed by atoms with Crippen LogP contribution in [0.15, 0.2) is 52.9 Å². The molecule has 1 aliphatic rings. The molecule has 0 bridgehead atoms. The summed E-state index contributed by atoms with van der Waals surface area (Å²) in [5, 5.41) is 10.6. The molecule has 1 aliphatic carbocycles. The van der Waals surface area contributed by atoms with Gasteiger partial charge in [-0.1, -0.05) is 48.1 Å². The van der Waals surface area contributed by atoms with Crippen LogP contribution in [0.2, 0.25) is 5.02 Å². The second-order valence-corrected chi connectivity index (χ2v) is 10.8. The quantitative estimate of drug-likeness (QED) is 0.391. The van der Waals surface area contributed by atoms with E-state index in [-0.39, 0.29) is 40.3 Å². The molecule has 35 heavy (non-hydrogen) atoms. The first-order valence-corrected chi connectivity index (χ1v) is 13.6. The molecule has 2 N–H and O–H groups in total. The van der Waals surface area contributed by atoms with Gasteiger partial charge in [0.25, 0.3) is 10.0 Å². The highest BCUT2D eigenvalue weighted by Gasteiger charge is 2.30. The standard InChI is InChI=1S/C23H23ClF2N4O3S2/c1-2-27-20-5-3-4-16(14-6-8-15(25)9-7-14)17(20)12-33-21-11-19(26)22(10-18(21)24)35(31,32)30-23-29-28-13-34-23/h4,6-11,13,17,20,27H,2-3,5,12H2,1H3,(H,29,30)/t17-,20?/m1/s1. The summed E-state index contributed by atoms with van der Waals surface area (Å²) in [6.07, 6.45) is 3.83. The minimum Gasteiger partial charge on any atom is -0.491 e. The first-order chi connectivity index (χ1) is 16.8. The average Bonchev–Trinajstić information content (AvgIpc) is 3.33. The molecule has 7 nitrogen and oxygen atoms in total. The Morgan fingerprint density at radius 1 is 1.23 bits per heavy atom. The number of ether oxygens (including phenoxy) is 1. The van der Waals surface area contributed by atoms with Crippen LogP contribution in [0, 0.1) is 17.6 Å². The lowest BCUT2D eigenvalue weighted by Gasteiger charge is -2.33. The SMILES string of the molecule is CCNC1CCC=C(c2ccc(F)cc2)[C@H]1COc1cc(F)c(S(=O)(=O)Nc2nncs2)cc1Cl. The summed E-state index contributed by atoms with van der Waals surface area (Å²) in [5.41, 5.74) is 3.22. The van der Waals surface area contributed by atoms with E-state index in [1.165, 1.54) is 17.6 Å². The number of benzene rings is 2. The maximum Gasteiger partial charge on any atom is 0.266 e. The van der Waals surface area contributed by atoms with E-state index >= 15 is 0 Å². The maximum absolute atomic E-state index is 14.8. The Kier molecular flexibility index (Phi) is 8.00. The van der Waals surface area contributed by atoms with Crippen molar-refractivity contribution in [1.82, 2.24) is 15.5 Å². The first-order valence-electron chi connectivity index (χ1n) is 10.9. The molecule has 0 fully saturated rings. The van der Waals surface area contributed by atoms with Gasteiger partial charge in [-0.25, -0.2) is 17.2 Å². The van der Waals surface area contributed by atoms with E-state index in [4.69, 9.17) is 16.3 Å². The van der Waals surface area contributed by atoms with Crippen LogP contribution in [-0.4, -0.2) is 37.8 Å². The molecule has 0 radical (unpaired) electrons. The lowest BCUT2D eigenvalue weighted by molar-refractivity contribution is 0.236. The van der Waals surface area contributed by atoms with E-state index in [1.54, 1.807) is 12.1 Å². The number of allylic oxidation sites excluding steroid dienone is 1. The number of halogens is 3. The van der Waals surface area contributed by atoms with Crippen molar-refractivity contribution < 1.29 is 21.9 Å². The van der Waals surface area contributed by atoms with Crippen molar-refractivity contribution >= 4 is 43.7 Å². The summed E-state index contributed by atoms with van der Waals surface area (Å²) < 4.78 is 61.5. The Morgan fingerprint density at radius 2 is 2.00 bits per heavy atom. The van der Waals surface area contributed by atoms with Crippen LogP contribution in [0.25, 0.3) is 5.57 Å². The third-order valence-corrected chi connectivity index (χ3v) is 8.03. The topological polar surface area (TPSA) is 93.2 Å². The smallest absolute Gasteiger partial charge is 0.266 e. The second kappa shape index (κ2) is 11.0. The van der Waals surface area contributed by atoms with Crippen molar-refractivity contribution in [3.05, 3.63) is 70.2 Å². The Balaban J connectivity index is 1.56. The summed E-state index contributed by atoms with van der Waals surface area (Å²) in [6.45, 7) is 2.92. The van der Waals surface area contributed by atoms with Gasteiger partial charge in [-0.15, -0.1) is 10.2 Å². The zero-order chi connectivity index (χ0) is 25.0. The Hall–Kier alpha value is -2.60. The molecule has 1 heterocycles. The zero-order valence-corrected chi connectivity index (χ0v) is 21.1. The lowest BCUT2D eigenvalue weighted by atomic mass is 9.80. The van der Waals surface area contributed by atoms with Crippen molar-refractivity contribution in [2.45, 2.75) is 30.7 Å². The molecule has 2 aromatic carbocycles. The fraction of sp³-hybridized carbons (Fsp3) is 0.304. The summed E-state index contributed by atoms with van der Waals surface area (Å²) >= 11 is 7.25. The molecule has 1 unspecified atom stereocenters. The van der Waals surface area contributed by atoms with Crippen LogP contribution in [0.1, 0.15) is 25.3 Å². The van der Waals surface area contributed by atoms with E-state index in [9.17, 15) is 17.2 Å². The van der Waals surface area contributed by atoms with Gasteiger partial charge >= 0.3 is 0 Å². The lowest BCUT2D eigenvalue weighted by Crippen LogP contribution is -2.41. The molecule has 2 atom stereocenters. The summed E-state index contributed by atoms with van der Waals surface area (Å²) in [5.74, 6) is -1.42. The van der Waals surface area contributed by atoms with Gasteiger partial charge in [0.2, 0.25) is 5.13 Å². The van der Waals surface area contributed by atoms with Gasteiger partial charge < -0.3 is 10.1 Å². The van der Waals surface area contributed by atoms with Crippen LogP contribution < -0.4 is 14.8 Å². The van der Waals surface area contributed by atoms with E-state index in [0.717, 1.165) is 54.0 Å². The van der Waals surface area contributed by atoms with Gasteiger partial charge in [0.05, 0.1) is 11.6 Å². The number of rotatable bonds is 9. The van der Waals surface area contributed by atoms with Gasteiger partial charge in [-0.05, 0) is 48.7 Å². The van der Waals surface area contributed by atoms with Gasteiger partial charge in [0, 0.05) is 18.0 Å². The summed E-state index contributed by atoms with van der Waals surface area (Å²) in [6, 6.07) is 8.32. The number of nitrogens with zero attached hydrogens (tertiary/aromatic N) is 2. The highest BCUT2D eigenvalue weighted by Crippen LogP contribution is 2.36. The maximum atomic E-state index is 14.8. The van der Waals surface area contributed by atoms with Crippen molar-refractivity contribution in [2.75, 3.05) is 17.9 Å². The molecular formula is C23H23ClF2N4O3S2. The molecule has 0 saturated carbocycles. The molecule has 4 rings (SSSR count). The zero-order valence-electron chi connectivity index (χ0n) is 18.7. The molecule has 186 valence electrons. The minimum atomic E-state index is -4.26. The molecule has 1 aromatic heterocycles. The third-order valence-electron chi connectivity index (χ3n) is 5.65. The molecule has 0 saturated heterocycles. The van der Waals surface area contributed by atoms with E-state index in [2.05, 4.69) is 26.3 Å². The van der Waals surface area contributed by atoms with E-state index in [0.29, 0.717) is 0 Å². The van der Waals surface area contributed by atoms with Crippen LogP contribution in [0.3, 0.4) is 0 Å². The number of aromatic nitrogens is 2. The van der Waals surface area contributed by atoms with Crippen molar-refractivity contribution in [2.24, 2.45) is 5.92 Å². The highest BCUT2D eigenvalue weighted by atomic mass is 35.5. The van der Waals surface area contributed by atoms with Crippen LogP contribution in [-0.2, 0) is 10.0 Å². The largest absolute Gasteiger partial charge is 0.491 e. The molecular weight excluding hydrogens is 518 g/mol.